The number of rotatable bonds is 7. The van der Waals surface area contributed by atoms with Crippen molar-refractivity contribution in [3.05, 3.63) is 65.5 Å². The van der Waals surface area contributed by atoms with Gasteiger partial charge in [-0.25, -0.2) is 9.97 Å². The van der Waals surface area contributed by atoms with Crippen molar-refractivity contribution >= 4 is 34.9 Å². The number of nitrogens with one attached hydrogen (secondary N) is 3. The Hall–Kier alpha value is -3.50. The molecule has 34 heavy (non-hydrogen) atoms. The number of aromatic nitrogens is 3. The van der Waals surface area contributed by atoms with Crippen LogP contribution in [-0.4, -0.2) is 38.2 Å². The Morgan fingerprint density at radius 1 is 1.12 bits per heavy atom. The van der Waals surface area contributed by atoms with Crippen LogP contribution in [0, 0.1) is 0 Å². The van der Waals surface area contributed by atoms with Gasteiger partial charge in [0, 0.05) is 42.8 Å². The van der Waals surface area contributed by atoms with E-state index < -0.39 is 5.91 Å². The Bertz CT molecular complexity index is 1200. The molecule has 0 radical (unpaired) electrons. The molecule has 5 rings (SSSR count). The highest BCUT2D eigenvalue weighted by Gasteiger charge is 2.25. The molecule has 2 fully saturated rings. The molecule has 1 saturated heterocycles. The fourth-order valence-electron chi connectivity index (χ4n) is 4.22. The Labute approximate surface area is 200 Å². The van der Waals surface area contributed by atoms with Crippen molar-refractivity contribution in [3.8, 4) is 11.1 Å². The maximum atomic E-state index is 11.8. The van der Waals surface area contributed by atoms with E-state index in [0.29, 0.717) is 22.6 Å². The zero-order valence-electron chi connectivity index (χ0n) is 18.4. The summed E-state index contributed by atoms with van der Waals surface area (Å²) in [6.45, 7) is 0.755. The highest BCUT2D eigenvalue weighted by atomic mass is 32.2. The number of carbonyl (C=O) groups is 2. The second-order valence-electron chi connectivity index (χ2n) is 8.28. The predicted molar refractivity (Wildman–Crippen MR) is 130 cm³/mol. The topological polar surface area (TPSA) is 122 Å². The third-order valence-electron chi connectivity index (χ3n) is 5.98. The number of imide groups is 1. The van der Waals surface area contributed by atoms with Crippen LogP contribution >= 0.6 is 11.8 Å². The van der Waals surface area contributed by atoms with E-state index in [2.05, 4.69) is 30.9 Å². The first-order valence-electron chi connectivity index (χ1n) is 11.2. The van der Waals surface area contributed by atoms with Gasteiger partial charge in [0.05, 0.1) is 23.1 Å². The third kappa shape index (κ3) is 5.35. The number of thioether (sulfide) groups is 1. The third-order valence-corrected chi connectivity index (χ3v) is 6.79. The smallest absolute Gasteiger partial charge is 0.290 e. The maximum Gasteiger partial charge on any atom is 0.290 e. The molecule has 1 aliphatic carbocycles. The van der Waals surface area contributed by atoms with Gasteiger partial charge >= 0.3 is 0 Å². The summed E-state index contributed by atoms with van der Waals surface area (Å²) in [5, 5.41) is 8.97. The van der Waals surface area contributed by atoms with E-state index in [-0.39, 0.29) is 11.3 Å². The molecular weight excluding hydrogens is 452 g/mol. The summed E-state index contributed by atoms with van der Waals surface area (Å²) in [6, 6.07) is 6.41. The highest BCUT2D eigenvalue weighted by molar-refractivity contribution is 8.18. The van der Waals surface area contributed by atoms with Crippen LogP contribution < -0.4 is 16.0 Å². The molecule has 10 heteroatoms. The lowest BCUT2D eigenvalue weighted by molar-refractivity contribution is -0.115. The lowest BCUT2D eigenvalue weighted by Gasteiger charge is -2.30. The van der Waals surface area contributed by atoms with E-state index in [9.17, 15) is 9.59 Å². The summed E-state index contributed by atoms with van der Waals surface area (Å²) in [4.78, 5) is 36.5. The summed E-state index contributed by atoms with van der Waals surface area (Å²) in [5.41, 5.74) is 3.93. The number of pyridine rings is 1. The molecule has 2 amide bonds. The lowest BCUT2D eigenvalue weighted by atomic mass is 9.91. The van der Waals surface area contributed by atoms with Crippen LogP contribution in [0.2, 0.25) is 0 Å². The molecule has 1 saturated carbocycles. The van der Waals surface area contributed by atoms with Gasteiger partial charge in [-0.2, -0.15) is 0 Å². The van der Waals surface area contributed by atoms with Gasteiger partial charge in [-0.05, 0) is 72.8 Å². The van der Waals surface area contributed by atoms with E-state index in [1.54, 1.807) is 37.1 Å². The second kappa shape index (κ2) is 10.2. The lowest BCUT2D eigenvalue weighted by Crippen LogP contribution is -2.37. The van der Waals surface area contributed by atoms with Gasteiger partial charge in [-0.3, -0.25) is 19.9 Å². The van der Waals surface area contributed by atoms with Gasteiger partial charge in [0.25, 0.3) is 11.1 Å². The zero-order chi connectivity index (χ0) is 23.3. The van der Waals surface area contributed by atoms with Crippen LogP contribution in [0.25, 0.3) is 17.2 Å². The Balaban J connectivity index is 1.13. The summed E-state index contributed by atoms with van der Waals surface area (Å²) in [6.07, 6.45) is 14.5. The summed E-state index contributed by atoms with van der Waals surface area (Å²) in [7, 11) is 0. The first-order chi connectivity index (χ1) is 16.6. The number of furan rings is 1. The molecule has 0 spiro atoms. The number of anilines is 1. The monoisotopic (exact) mass is 476 g/mol. The highest BCUT2D eigenvalue weighted by Crippen LogP contribution is 2.27. The number of hydrogen-bond acceptors (Lipinski definition) is 9. The average Bonchev–Trinajstić information content (AvgIpc) is 3.49. The number of amides is 2. The molecule has 0 aromatic carbocycles. The average molecular weight is 477 g/mol. The largest absolute Gasteiger partial charge is 0.472 e. The molecule has 3 aromatic heterocycles. The van der Waals surface area contributed by atoms with E-state index >= 15 is 0 Å². The van der Waals surface area contributed by atoms with Gasteiger partial charge in [0.15, 0.2) is 0 Å². The van der Waals surface area contributed by atoms with Gasteiger partial charge < -0.3 is 15.1 Å². The van der Waals surface area contributed by atoms with Gasteiger partial charge in [-0.15, -0.1) is 0 Å². The van der Waals surface area contributed by atoms with Crippen LogP contribution in [0.5, 0.6) is 0 Å². The number of hydrogen-bond donors (Lipinski definition) is 3. The van der Waals surface area contributed by atoms with Crippen LogP contribution in [-0.2, 0) is 11.3 Å². The van der Waals surface area contributed by atoms with E-state index in [4.69, 9.17) is 4.42 Å². The van der Waals surface area contributed by atoms with Crippen molar-refractivity contribution in [2.75, 3.05) is 5.32 Å². The normalized spacial score (nSPS) is 21.6. The zero-order valence-corrected chi connectivity index (χ0v) is 19.2. The summed E-state index contributed by atoms with van der Waals surface area (Å²) < 4.78 is 5.23. The molecule has 0 atom stereocenters. The molecule has 4 heterocycles. The minimum atomic E-state index is -0.392. The molecule has 1 aliphatic heterocycles. The SMILES string of the molecule is O=C1NC(=O)/C(=C\c2ccnc(NC3CCC(NCc4cnccc4-c4ccoc4)CC3)n2)S1. The standard InChI is InChI=1S/C24H24N6O3S/c31-22-21(34-24(32)30-22)11-19-5-9-26-23(29-19)28-18-3-1-17(2-4-18)27-13-16-12-25-8-6-20(16)15-7-10-33-14-15/h5-12,14,17-18,27H,1-4,13H2,(H,26,28,29)(H,30,31,32)/b21-11+. The minimum absolute atomic E-state index is 0.284. The van der Waals surface area contributed by atoms with Crippen LogP contribution in [0.4, 0.5) is 10.7 Å². The van der Waals surface area contributed by atoms with Crippen molar-refractivity contribution in [1.29, 1.82) is 0 Å². The fourth-order valence-corrected chi connectivity index (χ4v) is 4.89. The minimum Gasteiger partial charge on any atom is -0.472 e. The predicted octanol–water partition coefficient (Wildman–Crippen LogP) is 3.97. The fraction of sp³-hybridized carbons (Fsp3) is 0.292. The summed E-state index contributed by atoms with van der Waals surface area (Å²) in [5.74, 6) is 0.137. The molecule has 9 nitrogen and oxygen atoms in total. The molecule has 3 aromatic rings. The van der Waals surface area contributed by atoms with Gasteiger partial charge in [-0.1, -0.05) is 0 Å². The van der Waals surface area contributed by atoms with Crippen molar-refractivity contribution in [3.63, 3.8) is 0 Å². The Morgan fingerprint density at radius 3 is 2.74 bits per heavy atom. The van der Waals surface area contributed by atoms with Crippen molar-refractivity contribution in [1.82, 2.24) is 25.6 Å². The van der Waals surface area contributed by atoms with Crippen molar-refractivity contribution in [2.45, 2.75) is 44.3 Å². The molecule has 0 unspecified atom stereocenters. The number of carbonyl (C=O) groups excluding carboxylic acids is 2. The molecule has 174 valence electrons. The molecule has 2 aliphatic rings. The van der Waals surface area contributed by atoms with E-state index in [1.807, 2.05) is 18.3 Å². The van der Waals surface area contributed by atoms with Crippen LogP contribution in [0.15, 0.2) is 58.6 Å². The first-order valence-corrected chi connectivity index (χ1v) is 12.0. The molecule has 3 N–H and O–H groups in total. The molecular formula is C24H24N6O3S. The van der Waals surface area contributed by atoms with E-state index in [1.165, 1.54) is 0 Å². The summed E-state index contributed by atoms with van der Waals surface area (Å²) >= 11 is 0.878. The van der Waals surface area contributed by atoms with Gasteiger partial charge in [0.1, 0.15) is 0 Å². The van der Waals surface area contributed by atoms with Gasteiger partial charge in [0.2, 0.25) is 5.95 Å². The number of nitrogens with zero attached hydrogens (tertiary/aromatic N) is 3. The van der Waals surface area contributed by atoms with Crippen LogP contribution in [0.3, 0.4) is 0 Å². The Morgan fingerprint density at radius 2 is 1.97 bits per heavy atom. The van der Waals surface area contributed by atoms with Crippen molar-refractivity contribution < 1.29 is 14.0 Å². The van der Waals surface area contributed by atoms with E-state index in [0.717, 1.165) is 60.7 Å². The van der Waals surface area contributed by atoms with Crippen molar-refractivity contribution in [2.24, 2.45) is 0 Å². The first kappa shape index (κ1) is 22.3. The maximum absolute atomic E-state index is 11.8. The van der Waals surface area contributed by atoms with Crippen LogP contribution in [0.1, 0.15) is 36.9 Å². The quantitative estimate of drug-likeness (QED) is 0.435. The molecule has 0 bridgehead atoms. The Kier molecular flexibility index (Phi) is 6.68. The second-order valence-corrected chi connectivity index (χ2v) is 9.29.